The van der Waals surface area contributed by atoms with Crippen LogP contribution in [-0.4, -0.2) is 0 Å². The largest absolute Gasteiger partial charge is 0.417 e. The topological polar surface area (TPSA) is 59.6 Å². The Labute approximate surface area is 106 Å². The van der Waals surface area contributed by atoms with E-state index in [1.54, 1.807) is 12.1 Å². The average Bonchev–Trinajstić information content (AvgIpc) is 2.30. The summed E-state index contributed by atoms with van der Waals surface area (Å²) in [5.74, 6) is 0. The number of rotatable bonds is 2. The Morgan fingerprint density at radius 3 is 2.39 bits per heavy atom. The smallest absolute Gasteiger partial charge is 0.359 e. The fraction of sp³-hybridized carbons (Fsp3) is 0.0909. The molecule has 0 heterocycles. The van der Waals surface area contributed by atoms with E-state index in [1.165, 1.54) is 12.1 Å². The molecule has 7 heteroatoms. The SMILES string of the molecule is N#CC(C#N)=CNc1cccc(C(F)(F)F)c1Cl. The second kappa shape index (κ2) is 5.44. The Morgan fingerprint density at radius 1 is 1.28 bits per heavy atom. The van der Waals surface area contributed by atoms with Crippen LogP contribution in [0.2, 0.25) is 5.02 Å². The summed E-state index contributed by atoms with van der Waals surface area (Å²) in [4.78, 5) is 0. The molecule has 1 aromatic carbocycles. The standard InChI is InChI=1S/C11H5ClF3N3/c12-10-8(11(13,14)15)2-1-3-9(10)18-6-7(4-16)5-17/h1-3,6,18H. The summed E-state index contributed by atoms with van der Waals surface area (Å²) in [5.41, 5.74) is -1.30. The highest BCUT2D eigenvalue weighted by molar-refractivity contribution is 6.34. The summed E-state index contributed by atoms with van der Waals surface area (Å²) >= 11 is 5.59. The maximum absolute atomic E-state index is 12.5. The van der Waals surface area contributed by atoms with Gasteiger partial charge in [-0.15, -0.1) is 0 Å². The molecule has 0 radical (unpaired) electrons. The Kier molecular flexibility index (Phi) is 4.19. The van der Waals surface area contributed by atoms with E-state index in [1.807, 2.05) is 0 Å². The zero-order valence-electron chi connectivity index (χ0n) is 8.72. The minimum atomic E-state index is -4.56. The second-order valence-electron chi connectivity index (χ2n) is 3.09. The van der Waals surface area contributed by atoms with Crippen molar-refractivity contribution in [2.24, 2.45) is 0 Å². The lowest BCUT2D eigenvalue weighted by Crippen LogP contribution is -2.06. The highest BCUT2D eigenvalue weighted by Gasteiger charge is 2.33. The average molecular weight is 272 g/mol. The van der Waals surface area contributed by atoms with Crippen LogP contribution in [-0.2, 0) is 6.18 Å². The number of nitrogens with one attached hydrogen (secondary N) is 1. The van der Waals surface area contributed by atoms with Crippen LogP contribution in [0.5, 0.6) is 0 Å². The first kappa shape index (κ1) is 13.9. The minimum absolute atomic E-state index is 0.0329. The number of nitrogens with zero attached hydrogens (tertiary/aromatic N) is 2. The van der Waals surface area contributed by atoms with Crippen LogP contribution in [0.25, 0.3) is 0 Å². The van der Waals surface area contributed by atoms with Crippen LogP contribution in [0.1, 0.15) is 5.56 Å². The lowest BCUT2D eigenvalue weighted by molar-refractivity contribution is -0.137. The molecule has 0 aliphatic carbocycles. The first-order valence-electron chi connectivity index (χ1n) is 4.52. The van der Waals surface area contributed by atoms with E-state index in [2.05, 4.69) is 5.32 Å². The molecule has 0 bridgehead atoms. The van der Waals surface area contributed by atoms with Gasteiger partial charge in [-0.1, -0.05) is 17.7 Å². The summed E-state index contributed by atoms with van der Waals surface area (Å²) in [5, 5.41) is 18.8. The maximum atomic E-state index is 12.5. The van der Waals surface area contributed by atoms with Crippen LogP contribution in [0.4, 0.5) is 18.9 Å². The Balaban J connectivity index is 3.11. The zero-order chi connectivity index (χ0) is 13.8. The predicted octanol–water partition coefficient (Wildman–Crippen LogP) is 3.70. The summed E-state index contributed by atoms with van der Waals surface area (Å²) in [6.45, 7) is 0. The van der Waals surface area contributed by atoms with Crippen molar-refractivity contribution in [2.45, 2.75) is 6.18 Å². The molecule has 0 aromatic heterocycles. The number of anilines is 1. The van der Waals surface area contributed by atoms with Crippen molar-refractivity contribution in [3.05, 3.63) is 40.6 Å². The molecule has 0 atom stereocenters. The van der Waals surface area contributed by atoms with Crippen molar-refractivity contribution >= 4 is 17.3 Å². The lowest BCUT2D eigenvalue weighted by Gasteiger charge is -2.11. The number of benzene rings is 1. The van der Waals surface area contributed by atoms with Gasteiger partial charge in [-0.3, -0.25) is 0 Å². The van der Waals surface area contributed by atoms with Crippen LogP contribution in [0.15, 0.2) is 30.0 Å². The zero-order valence-corrected chi connectivity index (χ0v) is 9.47. The summed E-state index contributed by atoms with van der Waals surface area (Å²) in [7, 11) is 0. The van der Waals surface area contributed by atoms with Crippen molar-refractivity contribution in [1.82, 2.24) is 0 Å². The molecule has 0 unspecified atom stereocenters. The summed E-state index contributed by atoms with van der Waals surface area (Å²) in [6.07, 6.45) is -3.58. The molecular weight excluding hydrogens is 267 g/mol. The highest BCUT2D eigenvalue weighted by atomic mass is 35.5. The number of hydrogen-bond acceptors (Lipinski definition) is 3. The molecule has 0 saturated heterocycles. The number of allylic oxidation sites excluding steroid dienone is 1. The van der Waals surface area contributed by atoms with Crippen molar-refractivity contribution in [2.75, 3.05) is 5.32 Å². The van der Waals surface area contributed by atoms with Gasteiger partial charge in [0, 0.05) is 6.20 Å². The maximum Gasteiger partial charge on any atom is 0.417 e. The van der Waals surface area contributed by atoms with Gasteiger partial charge in [-0.25, -0.2) is 0 Å². The second-order valence-corrected chi connectivity index (χ2v) is 3.47. The van der Waals surface area contributed by atoms with Crippen molar-refractivity contribution in [3.63, 3.8) is 0 Å². The normalized spacial score (nSPS) is 10.1. The van der Waals surface area contributed by atoms with E-state index in [-0.39, 0.29) is 11.3 Å². The quantitative estimate of drug-likeness (QED) is 0.834. The highest BCUT2D eigenvalue weighted by Crippen LogP contribution is 2.38. The molecule has 0 saturated carbocycles. The first-order chi connectivity index (χ1) is 8.40. The number of hydrogen-bond donors (Lipinski definition) is 1. The lowest BCUT2D eigenvalue weighted by atomic mass is 10.2. The molecule has 0 spiro atoms. The van der Waals surface area contributed by atoms with E-state index in [4.69, 9.17) is 22.1 Å². The molecule has 1 rings (SSSR count). The van der Waals surface area contributed by atoms with Gasteiger partial charge in [0.05, 0.1) is 16.3 Å². The Morgan fingerprint density at radius 2 is 1.89 bits per heavy atom. The van der Waals surface area contributed by atoms with Gasteiger partial charge in [0.1, 0.15) is 17.7 Å². The number of halogens is 4. The van der Waals surface area contributed by atoms with E-state index in [9.17, 15) is 13.2 Å². The molecule has 1 N–H and O–H groups in total. The minimum Gasteiger partial charge on any atom is -0.359 e. The van der Waals surface area contributed by atoms with Crippen molar-refractivity contribution < 1.29 is 13.2 Å². The predicted molar refractivity (Wildman–Crippen MR) is 59.4 cm³/mol. The van der Waals surface area contributed by atoms with Crippen LogP contribution in [0, 0.1) is 22.7 Å². The molecule has 3 nitrogen and oxygen atoms in total. The van der Waals surface area contributed by atoms with Gasteiger partial charge in [0.25, 0.3) is 0 Å². The number of alkyl halides is 3. The summed E-state index contributed by atoms with van der Waals surface area (Å²) < 4.78 is 37.6. The van der Waals surface area contributed by atoms with E-state index < -0.39 is 16.8 Å². The van der Waals surface area contributed by atoms with Gasteiger partial charge in [0.15, 0.2) is 0 Å². The third-order valence-corrected chi connectivity index (χ3v) is 2.32. The molecule has 18 heavy (non-hydrogen) atoms. The molecular formula is C11H5ClF3N3. The fourth-order valence-electron chi connectivity index (χ4n) is 1.10. The molecule has 92 valence electrons. The summed E-state index contributed by atoms with van der Waals surface area (Å²) in [6, 6.07) is 6.43. The van der Waals surface area contributed by atoms with Gasteiger partial charge in [0.2, 0.25) is 0 Å². The molecule has 1 aromatic rings. The van der Waals surface area contributed by atoms with Gasteiger partial charge in [-0.2, -0.15) is 23.7 Å². The number of nitriles is 2. The fourth-order valence-corrected chi connectivity index (χ4v) is 1.39. The molecule has 0 amide bonds. The van der Waals surface area contributed by atoms with E-state index in [0.29, 0.717) is 0 Å². The van der Waals surface area contributed by atoms with E-state index >= 15 is 0 Å². The monoisotopic (exact) mass is 271 g/mol. The van der Waals surface area contributed by atoms with Crippen LogP contribution in [0.3, 0.4) is 0 Å². The van der Waals surface area contributed by atoms with E-state index in [0.717, 1.165) is 12.3 Å². The van der Waals surface area contributed by atoms with Gasteiger partial charge >= 0.3 is 6.18 Å². The third-order valence-electron chi connectivity index (χ3n) is 1.92. The van der Waals surface area contributed by atoms with Crippen molar-refractivity contribution in [1.29, 1.82) is 10.5 Å². The Bertz CT molecular complexity index is 548. The van der Waals surface area contributed by atoms with Crippen LogP contribution >= 0.6 is 11.6 Å². The third kappa shape index (κ3) is 3.16. The van der Waals surface area contributed by atoms with Crippen molar-refractivity contribution in [3.8, 4) is 12.1 Å². The first-order valence-corrected chi connectivity index (χ1v) is 4.90. The van der Waals surface area contributed by atoms with Gasteiger partial charge < -0.3 is 5.32 Å². The molecule has 0 aliphatic rings. The van der Waals surface area contributed by atoms with Crippen LogP contribution < -0.4 is 5.32 Å². The molecule has 0 aliphatic heterocycles. The molecule has 0 fully saturated rings. The van der Waals surface area contributed by atoms with Gasteiger partial charge in [-0.05, 0) is 12.1 Å². The Hall–Kier alpha value is -2.18.